The second kappa shape index (κ2) is 10.4. The Kier molecular flexibility index (Phi) is 7.66. The van der Waals surface area contributed by atoms with Crippen LogP contribution in [0.5, 0.6) is 0 Å². The van der Waals surface area contributed by atoms with Gasteiger partial charge < -0.3 is 10.1 Å². The second-order valence-electron chi connectivity index (χ2n) is 7.34. The highest BCUT2D eigenvalue weighted by Crippen LogP contribution is 2.20. The third kappa shape index (κ3) is 6.87. The third-order valence-electron chi connectivity index (χ3n) is 5.21. The quantitative estimate of drug-likeness (QED) is 0.717. The van der Waals surface area contributed by atoms with Crippen molar-refractivity contribution in [3.63, 3.8) is 0 Å². The molecule has 2 aromatic rings. The van der Waals surface area contributed by atoms with Gasteiger partial charge in [-0.25, -0.2) is 17.5 Å². The van der Waals surface area contributed by atoms with E-state index < -0.39 is 16.1 Å². The van der Waals surface area contributed by atoms with Crippen LogP contribution < -0.4 is 5.32 Å². The first kappa shape index (κ1) is 21.3. The Hall–Kier alpha value is -2.38. The highest BCUT2D eigenvalue weighted by molar-refractivity contribution is 7.89. The Morgan fingerprint density at radius 2 is 1.55 bits per heavy atom. The van der Waals surface area contributed by atoms with E-state index in [2.05, 4.69) is 5.32 Å². The molecular formula is C22H28N2O4S. The van der Waals surface area contributed by atoms with Crippen molar-refractivity contribution >= 4 is 16.1 Å². The molecule has 0 bridgehead atoms. The van der Waals surface area contributed by atoms with Crippen LogP contribution in [-0.2, 0) is 27.8 Å². The third-order valence-corrected chi connectivity index (χ3v) is 7.08. The van der Waals surface area contributed by atoms with E-state index in [1.165, 1.54) is 0 Å². The first-order valence-corrected chi connectivity index (χ1v) is 11.6. The highest BCUT2D eigenvalue weighted by atomic mass is 32.2. The van der Waals surface area contributed by atoms with Crippen molar-refractivity contribution in [2.75, 3.05) is 25.4 Å². The number of hydrogen-bond acceptors (Lipinski definition) is 4. The minimum absolute atomic E-state index is 0.131. The summed E-state index contributed by atoms with van der Waals surface area (Å²) in [6, 6.07) is 19.2. The lowest BCUT2D eigenvalue weighted by Crippen LogP contribution is -2.42. The molecule has 1 saturated heterocycles. The fourth-order valence-corrected chi connectivity index (χ4v) is 4.93. The second-order valence-corrected chi connectivity index (χ2v) is 9.43. The van der Waals surface area contributed by atoms with Crippen LogP contribution in [0.15, 0.2) is 60.7 Å². The number of carbonyl (C=O) groups is 1. The van der Waals surface area contributed by atoms with Gasteiger partial charge in [0.15, 0.2) is 0 Å². The lowest BCUT2D eigenvalue weighted by atomic mass is 9.98. The van der Waals surface area contributed by atoms with Gasteiger partial charge in [-0.05, 0) is 36.3 Å². The number of amides is 1. The summed E-state index contributed by atoms with van der Waals surface area (Å²) in [5.41, 5.74) is 1.97. The van der Waals surface area contributed by atoms with Crippen molar-refractivity contribution in [3.8, 4) is 0 Å². The molecule has 6 nitrogen and oxygen atoms in total. The summed E-state index contributed by atoms with van der Waals surface area (Å²) in [7, 11) is -3.25. The van der Waals surface area contributed by atoms with Crippen LogP contribution in [0.4, 0.5) is 4.79 Å². The van der Waals surface area contributed by atoms with Crippen LogP contribution in [0.2, 0.25) is 0 Å². The van der Waals surface area contributed by atoms with Crippen LogP contribution in [0.25, 0.3) is 0 Å². The fraction of sp³-hybridized carbons (Fsp3) is 0.409. The fourth-order valence-electron chi connectivity index (χ4n) is 3.41. The monoisotopic (exact) mass is 416 g/mol. The maximum absolute atomic E-state index is 12.6. The summed E-state index contributed by atoms with van der Waals surface area (Å²) in [4.78, 5) is 11.9. The predicted octanol–water partition coefficient (Wildman–Crippen LogP) is 3.20. The van der Waals surface area contributed by atoms with Crippen LogP contribution in [0, 0.1) is 5.92 Å². The van der Waals surface area contributed by atoms with Crippen molar-refractivity contribution < 1.29 is 17.9 Å². The molecule has 0 saturated carbocycles. The Labute approximate surface area is 172 Å². The van der Waals surface area contributed by atoms with Gasteiger partial charge in [-0.15, -0.1) is 0 Å². The number of benzene rings is 2. The summed E-state index contributed by atoms with van der Waals surface area (Å²) in [5.74, 6) is 0.394. The van der Waals surface area contributed by atoms with E-state index >= 15 is 0 Å². The van der Waals surface area contributed by atoms with E-state index in [0.29, 0.717) is 26.1 Å². The lowest BCUT2D eigenvalue weighted by molar-refractivity contribution is 0.136. The molecule has 0 atom stereocenters. The zero-order valence-electron chi connectivity index (χ0n) is 16.5. The molecule has 0 spiro atoms. The van der Waals surface area contributed by atoms with E-state index in [0.717, 1.165) is 24.0 Å². The average molecular weight is 417 g/mol. The molecule has 7 heteroatoms. The van der Waals surface area contributed by atoms with Gasteiger partial charge in [-0.2, -0.15) is 0 Å². The van der Waals surface area contributed by atoms with Crippen molar-refractivity contribution in [3.05, 3.63) is 71.8 Å². The first-order chi connectivity index (χ1) is 14.0. The van der Waals surface area contributed by atoms with E-state index in [-0.39, 0.29) is 18.3 Å². The van der Waals surface area contributed by atoms with Gasteiger partial charge in [-0.3, -0.25) is 0 Å². The van der Waals surface area contributed by atoms with E-state index in [1.54, 1.807) is 4.31 Å². The van der Waals surface area contributed by atoms with Gasteiger partial charge >= 0.3 is 6.09 Å². The van der Waals surface area contributed by atoms with Gasteiger partial charge in [0.05, 0.1) is 5.75 Å². The van der Waals surface area contributed by atoms with Gasteiger partial charge in [0.2, 0.25) is 10.0 Å². The van der Waals surface area contributed by atoms with Crippen molar-refractivity contribution in [1.82, 2.24) is 9.62 Å². The van der Waals surface area contributed by atoms with Crippen molar-refractivity contribution in [2.24, 2.45) is 5.92 Å². The Morgan fingerprint density at radius 3 is 2.17 bits per heavy atom. The minimum Gasteiger partial charge on any atom is -0.445 e. The number of aryl methyl sites for hydroxylation is 1. The molecule has 29 heavy (non-hydrogen) atoms. The molecular weight excluding hydrogens is 388 g/mol. The van der Waals surface area contributed by atoms with Gasteiger partial charge in [-0.1, -0.05) is 60.7 Å². The molecule has 156 valence electrons. The maximum Gasteiger partial charge on any atom is 0.407 e. The van der Waals surface area contributed by atoms with Gasteiger partial charge in [0.1, 0.15) is 6.61 Å². The average Bonchev–Trinajstić information content (AvgIpc) is 2.77. The largest absolute Gasteiger partial charge is 0.445 e. The predicted molar refractivity (Wildman–Crippen MR) is 113 cm³/mol. The smallest absolute Gasteiger partial charge is 0.407 e. The molecule has 1 aliphatic heterocycles. The molecule has 0 aliphatic carbocycles. The SMILES string of the molecule is O=C(NCC1CCN(S(=O)(=O)CCc2ccccc2)CC1)OCc1ccccc1. The van der Waals surface area contributed by atoms with Crippen LogP contribution in [-0.4, -0.2) is 44.2 Å². The molecule has 0 unspecified atom stereocenters. The molecule has 1 N–H and O–H groups in total. The Bertz CT molecular complexity index is 864. The summed E-state index contributed by atoms with van der Waals surface area (Å²) < 4.78 is 32.0. The number of sulfonamides is 1. The number of piperidine rings is 1. The normalized spacial score (nSPS) is 15.7. The van der Waals surface area contributed by atoms with Crippen molar-refractivity contribution in [2.45, 2.75) is 25.9 Å². The van der Waals surface area contributed by atoms with Gasteiger partial charge in [0, 0.05) is 19.6 Å². The number of hydrogen-bond donors (Lipinski definition) is 1. The molecule has 1 amide bonds. The van der Waals surface area contributed by atoms with E-state index in [4.69, 9.17) is 4.74 Å². The van der Waals surface area contributed by atoms with E-state index in [1.807, 2.05) is 60.7 Å². The van der Waals surface area contributed by atoms with Gasteiger partial charge in [0.25, 0.3) is 0 Å². The Morgan fingerprint density at radius 1 is 0.966 bits per heavy atom. The zero-order valence-corrected chi connectivity index (χ0v) is 17.3. The lowest BCUT2D eigenvalue weighted by Gasteiger charge is -2.31. The van der Waals surface area contributed by atoms with Crippen molar-refractivity contribution in [1.29, 1.82) is 0 Å². The summed E-state index contributed by atoms with van der Waals surface area (Å²) in [6.45, 7) is 1.75. The zero-order chi connectivity index (χ0) is 20.5. The number of rotatable bonds is 8. The van der Waals surface area contributed by atoms with Crippen LogP contribution in [0.1, 0.15) is 24.0 Å². The maximum atomic E-state index is 12.6. The highest BCUT2D eigenvalue weighted by Gasteiger charge is 2.27. The number of alkyl carbamates (subject to hydrolysis) is 1. The molecule has 0 aromatic heterocycles. The number of nitrogens with zero attached hydrogens (tertiary/aromatic N) is 1. The Balaban J connectivity index is 1.35. The molecule has 1 aliphatic rings. The molecule has 2 aromatic carbocycles. The number of nitrogens with one attached hydrogen (secondary N) is 1. The minimum atomic E-state index is -3.25. The summed E-state index contributed by atoms with van der Waals surface area (Å²) >= 11 is 0. The molecule has 1 heterocycles. The molecule has 3 rings (SSSR count). The van der Waals surface area contributed by atoms with Crippen LogP contribution >= 0.6 is 0 Å². The summed E-state index contributed by atoms with van der Waals surface area (Å²) in [6.07, 6.45) is 1.57. The van der Waals surface area contributed by atoms with E-state index in [9.17, 15) is 13.2 Å². The molecule has 0 radical (unpaired) electrons. The topological polar surface area (TPSA) is 75.7 Å². The number of carbonyl (C=O) groups excluding carboxylic acids is 1. The van der Waals surface area contributed by atoms with Crippen LogP contribution in [0.3, 0.4) is 0 Å². The summed E-state index contributed by atoms with van der Waals surface area (Å²) in [5, 5.41) is 2.79. The molecule has 1 fully saturated rings. The standard InChI is InChI=1S/C22H28N2O4S/c25-22(28-18-21-9-5-2-6-10-21)23-17-20-11-14-24(15-12-20)29(26,27)16-13-19-7-3-1-4-8-19/h1-10,20H,11-18H2,(H,23,25). The first-order valence-electron chi connectivity index (χ1n) is 9.99. The number of ether oxygens (including phenoxy) is 1.